The number of likely N-dealkylation sites (tertiary alicyclic amines) is 1. The van der Waals surface area contributed by atoms with E-state index in [9.17, 15) is 0 Å². The third-order valence-corrected chi connectivity index (χ3v) is 1.98. The van der Waals surface area contributed by atoms with Gasteiger partial charge in [-0.25, -0.2) is 0 Å². The van der Waals surface area contributed by atoms with Crippen LogP contribution in [-0.4, -0.2) is 38.6 Å². The van der Waals surface area contributed by atoms with Crippen LogP contribution in [0.1, 0.15) is 34.1 Å². The van der Waals surface area contributed by atoms with Gasteiger partial charge in [-0.1, -0.05) is 27.7 Å². The molecule has 0 aromatic heterocycles. The van der Waals surface area contributed by atoms with Crippen LogP contribution in [0.15, 0.2) is 0 Å². The average Bonchev–Trinajstić information content (AvgIpc) is 2.59. The van der Waals surface area contributed by atoms with Crippen molar-refractivity contribution in [1.29, 1.82) is 0 Å². The lowest BCUT2D eigenvalue weighted by Crippen LogP contribution is -2.21. The fourth-order valence-corrected chi connectivity index (χ4v) is 1.48. The summed E-state index contributed by atoms with van der Waals surface area (Å²) in [7, 11) is 4.22. The van der Waals surface area contributed by atoms with Crippen LogP contribution < -0.4 is 5.32 Å². The number of hydrogen-bond donors (Lipinski definition) is 1. The standard InChI is InChI=1S/C7H16N2.2C2H6/c1-8-5-7-3-4-9(2)6-7;2*1-2/h7-8H,3-6H2,1-2H3;2*1-2H3. The molecule has 13 heavy (non-hydrogen) atoms. The molecule has 1 aliphatic rings. The maximum atomic E-state index is 3.20. The largest absolute Gasteiger partial charge is 0.319 e. The van der Waals surface area contributed by atoms with Crippen molar-refractivity contribution < 1.29 is 0 Å². The molecule has 1 fully saturated rings. The van der Waals surface area contributed by atoms with Crippen molar-refractivity contribution in [2.45, 2.75) is 34.1 Å². The summed E-state index contributed by atoms with van der Waals surface area (Å²) in [6.07, 6.45) is 1.37. The summed E-state index contributed by atoms with van der Waals surface area (Å²) < 4.78 is 0. The molecule has 1 rings (SSSR count). The molecule has 2 heteroatoms. The van der Waals surface area contributed by atoms with E-state index in [1.54, 1.807) is 0 Å². The Morgan fingerprint density at radius 2 is 1.77 bits per heavy atom. The van der Waals surface area contributed by atoms with Gasteiger partial charge >= 0.3 is 0 Å². The Bertz CT molecular complexity index is 82.2. The molecule has 1 N–H and O–H groups in total. The minimum absolute atomic E-state index is 0.903. The van der Waals surface area contributed by atoms with Crippen LogP contribution in [0.5, 0.6) is 0 Å². The topological polar surface area (TPSA) is 15.3 Å². The van der Waals surface area contributed by atoms with Gasteiger partial charge in [-0.3, -0.25) is 0 Å². The van der Waals surface area contributed by atoms with Gasteiger partial charge in [0.15, 0.2) is 0 Å². The van der Waals surface area contributed by atoms with Crippen molar-refractivity contribution in [1.82, 2.24) is 10.2 Å². The number of nitrogens with zero attached hydrogens (tertiary/aromatic N) is 1. The molecule has 1 saturated heterocycles. The van der Waals surface area contributed by atoms with E-state index in [2.05, 4.69) is 17.3 Å². The Hall–Kier alpha value is -0.0800. The van der Waals surface area contributed by atoms with Gasteiger partial charge in [-0.2, -0.15) is 0 Å². The average molecular weight is 188 g/mol. The van der Waals surface area contributed by atoms with Gasteiger partial charge in [-0.05, 0) is 39.5 Å². The fraction of sp³-hybridized carbons (Fsp3) is 1.00. The molecular formula is C11H28N2. The van der Waals surface area contributed by atoms with Crippen LogP contribution in [0.25, 0.3) is 0 Å². The van der Waals surface area contributed by atoms with Crippen molar-refractivity contribution in [3.63, 3.8) is 0 Å². The van der Waals surface area contributed by atoms with Gasteiger partial charge in [0.05, 0.1) is 0 Å². The lowest BCUT2D eigenvalue weighted by Gasteiger charge is -2.08. The predicted octanol–water partition coefficient (Wildman–Crippen LogP) is 2.21. The van der Waals surface area contributed by atoms with E-state index < -0.39 is 0 Å². The molecular weight excluding hydrogens is 160 g/mol. The first-order valence-corrected chi connectivity index (χ1v) is 5.66. The van der Waals surface area contributed by atoms with Crippen LogP contribution in [0, 0.1) is 5.92 Å². The smallest absolute Gasteiger partial charge is 0.00192 e. The first kappa shape index (κ1) is 15.4. The minimum atomic E-state index is 0.903. The summed E-state index contributed by atoms with van der Waals surface area (Å²) in [4.78, 5) is 2.39. The molecule has 0 spiro atoms. The van der Waals surface area contributed by atoms with E-state index in [0.29, 0.717) is 0 Å². The molecule has 1 heterocycles. The van der Waals surface area contributed by atoms with Gasteiger partial charge in [0.25, 0.3) is 0 Å². The fourth-order valence-electron chi connectivity index (χ4n) is 1.48. The van der Waals surface area contributed by atoms with Crippen LogP contribution in [0.4, 0.5) is 0 Å². The Morgan fingerprint density at radius 1 is 1.23 bits per heavy atom. The monoisotopic (exact) mass is 188 g/mol. The number of hydrogen-bond acceptors (Lipinski definition) is 2. The lowest BCUT2D eigenvalue weighted by molar-refractivity contribution is 0.392. The van der Waals surface area contributed by atoms with Crippen LogP contribution >= 0.6 is 0 Å². The van der Waals surface area contributed by atoms with E-state index >= 15 is 0 Å². The normalized spacial score (nSPS) is 21.2. The molecule has 0 aromatic rings. The highest BCUT2D eigenvalue weighted by Gasteiger charge is 2.17. The number of rotatable bonds is 2. The van der Waals surface area contributed by atoms with E-state index in [4.69, 9.17) is 0 Å². The highest BCUT2D eigenvalue weighted by atomic mass is 15.1. The Kier molecular flexibility index (Phi) is 14.1. The first-order valence-electron chi connectivity index (χ1n) is 5.66. The summed E-state index contributed by atoms with van der Waals surface area (Å²) in [5.41, 5.74) is 0. The van der Waals surface area contributed by atoms with Gasteiger partial charge in [0, 0.05) is 6.54 Å². The molecule has 0 bridgehead atoms. The van der Waals surface area contributed by atoms with Crippen molar-refractivity contribution in [2.75, 3.05) is 33.7 Å². The summed E-state index contributed by atoms with van der Waals surface area (Å²) in [5.74, 6) is 0.903. The molecule has 1 atom stereocenters. The highest BCUT2D eigenvalue weighted by molar-refractivity contribution is 4.73. The van der Waals surface area contributed by atoms with E-state index in [-0.39, 0.29) is 0 Å². The van der Waals surface area contributed by atoms with E-state index in [1.807, 2.05) is 34.7 Å². The molecule has 0 saturated carbocycles. The van der Waals surface area contributed by atoms with E-state index in [1.165, 1.54) is 26.1 Å². The second-order valence-corrected chi connectivity index (χ2v) is 2.97. The zero-order valence-electron chi connectivity index (χ0n) is 10.4. The van der Waals surface area contributed by atoms with Gasteiger partial charge < -0.3 is 10.2 Å². The Morgan fingerprint density at radius 3 is 2.08 bits per heavy atom. The van der Waals surface area contributed by atoms with E-state index in [0.717, 1.165) is 5.92 Å². The highest BCUT2D eigenvalue weighted by Crippen LogP contribution is 2.12. The third-order valence-electron chi connectivity index (χ3n) is 1.98. The predicted molar refractivity (Wildman–Crippen MR) is 62.2 cm³/mol. The quantitative estimate of drug-likeness (QED) is 0.715. The van der Waals surface area contributed by atoms with Crippen LogP contribution in [0.2, 0.25) is 0 Å². The Labute approximate surface area is 84.7 Å². The molecule has 1 unspecified atom stereocenters. The molecule has 1 aliphatic heterocycles. The van der Waals surface area contributed by atoms with Crippen LogP contribution in [-0.2, 0) is 0 Å². The molecule has 82 valence electrons. The first-order chi connectivity index (χ1) is 6.33. The van der Waals surface area contributed by atoms with Gasteiger partial charge in [0.1, 0.15) is 0 Å². The van der Waals surface area contributed by atoms with Crippen molar-refractivity contribution in [3.05, 3.63) is 0 Å². The molecule has 0 radical (unpaired) electrons. The summed E-state index contributed by atoms with van der Waals surface area (Å²) in [5, 5.41) is 3.20. The van der Waals surface area contributed by atoms with Crippen molar-refractivity contribution in [3.8, 4) is 0 Å². The van der Waals surface area contributed by atoms with Crippen molar-refractivity contribution in [2.24, 2.45) is 5.92 Å². The lowest BCUT2D eigenvalue weighted by atomic mass is 10.1. The minimum Gasteiger partial charge on any atom is -0.319 e. The zero-order valence-corrected chi connectivity index (χ0v) is 10.4. The second-order valence-electron chi connectivity index (χ2n) is 2.97. The molecule has 0 aliphatic carbocycles. The SMILES string of the molecule is CC.CC.CNCC1CCN(C)C1. The summed E-state index contributed by atoms with van der Waals surface area (Å²) >= 11 is 0. The maximum Gasteiger partial charge on any atom is 0.00192 e. The van der Waals surface area contributed by atoms with Crippen LogP contribution in [0.3, 0.4) is 0 Å². The van der Waals surface area contributed by atoms with Gasteiger partial charge in [0.2, 0.25) is 0 Å². The molecule has 2 nitrogen and oxygen atoms in total. The second kappa shape index (κ2) is 11.9. The third kappa shape index (κ3) is 8.26. The Balaban J connectivity index is 0. The molecule has 0 amide bonds. The summed E-state index contributed by atoms with van der Waals surface area (Å²) in [6.45, 7) is 11.7. The zero-order chi connectivity index (χ0) is 10.7. The van der Waals surface area contributed by atoms with Gasteiger partial charge in [-0.15, -0.1) is 0 Å². The number of nitrogens with one attached hydrogen (secondary N) is 1. The summed E-state index contributed by atoms with van der Waals surface area (Å²) in [6, 6.07) is 0. The maximum absolute atomic E-state index is 3.20. The molecule has 0 aromatic carbocycles. The van der Waals surface area contributed by atoms with Crippen molar-refractivity contribution >= 4 is 0 Å².